The van der Waals surface area contributed by atoms with Crippen LogP contribution in [-0.4, -0.2) is 57.9 Å². The number of aryl methyl sites for hydroxylation is 2. The Labute approximate surface area is 145 Å². The van der Waals surface area contributed by atoms with E-state index in [1.807, 2.05) is 0 Å². The molecule has 1 aromatic rings. The molecule has 2 rings (SSSR count). The number of azide groups is 1. The molecule has 0 saturated carbocycles. The Hall–Kier alpha value is -2.74. The Morgan fingerprint density at radius 2 is 2.12 bits per heavy atom. The van der Waals surface area contributed by atoms with E-state index >= 15 is 0 Å². The third-order valence-corrected chi connectivity index (χ3v) is 3.68. The van der Waals surface area contributed by atoms with Gasteiger partial charge in [0.25, 0.3) is 0 Å². The van der Waals surface area contributed by atoms with Crippen LogP contribution in [0.2, 0.25) is 0 Å². The lowest BCUT2D eigenvalue weighted by molar-refractivity contribution is 0.0273. The van der Waals surface area contributed by atoms with Crippen LogP contribution in [0.4, 0.5) is 4.79 Å². The molecule has 0 bridgehead atoms. The van der Waals surface area contributed by atoms with Crippen LogP contribution in [0.3, 0.4) is 0 Å². The average Bonchev–Trinajstić information content (AvgIpc) is 3.00. The van der Waals surface area contributed by atoms with Crippen LogP contribution in [0.15, 0.2) is 5.11 Å². The zero-order valence-electron chi connectivity index (χ0n) is 15.0. The van der Waals surface area contributed by atoms with Gasteiger partial charge in [-0.25, -0.2) is 9.48 Å². The molecule has 1 aliphatic heterocycles. The smallest absolute Gasteiger partial charge is 0.410 e. The molecule has 0 aromatic carbocycles. The third kappa shape index (κ3) is 4.21. The highest BCUT2D eigenvalue weighted by atomic mass is 16.6. The first kappa shape index (κ1) is 18.6. The van der Waals surface area contributed by atoms with E-state index in [0.29, 0.717) is 17.5 Å². The van der Waals surface area contributed by atoms with Crippen molar-refractivity contribution in [3.8, 4) is 5.88 Å². The molecule has 2 heterocycles. The number of hydrogen-bond donors (Lipinski definition) is 0. The number of aldehydes is 1. The molecule has 10 nitrogen and oxygen atoms in total. The van der Waals surface area contributed by atoms with Crippen LogP contribution in [0.1, 0.15) is 36.8 Å². The average molecular weight is 350 g/mol. The zero-order valence-corrected chi connectivity index (χ0v) is 15.0. The van der Waals surface area contributed by atoms with Crippen LogP contribution in [0.25, 0.3) is 10.4 Å². The summed E-state index contributed by atoms with van der Waals surface area (Å²) in [5.74, 6) is 0.279. The molecule has 1 aliphatic rings. The van der Waals surface area contributed by atoms with Crippen LogP contribution < -0.4 is 4.74 Å². The van der Waals surface area contributed by atoms with Gasteiger partial charge in [-0.2, -0.15) is 5.10 Å². The number of ether oxygens (including phenoxy) is 2. The Bertz CT molecular complexity index is 716. The van der Waals surface area contributed by atoms with Gasteiger partial charge in [-0.3, -0.25) is 4.79 Å². The summed E-state index contributed by atoms with van der Waals surface area (Å²) in [6.45, 7) is 7.37. The van der Waals surface area contributed by atoms with Gasteiger partial charge >= 0.3 is 6.09 Å². The van der Waals surface area contributed by atoms with E-state index in [1.165, 1.54) is 9.58 Å². The van der Waals surface area contributed by atoms with E-state index in [2.05, 4.69) is 15.1 Å². The second-order valence-corrected chi connectivity index (χ2v) is 6.86. The maximum absolute atomic E-state index is 12.2. The molecular formula is C15H22N6O4. The normalized spacial score (nSPS) is 20.1. The largest absolute Gasteiger partial charge is 0.472 e. The molecule has 0 unspecified atom stereocenters. The van der Waals surface area contributed by atoms with Crippen molar-refractivity contribution in [2.45, 2.75) is 45.4 Å². The summed E-state index contributed by atoms with van der Waals surface area (Å²) in [6, 6.07) is -0.591. The topological polar surface area (TPSA) is 122 Å². The molecular weight excluding hydrogens is 328 g/mol. The van der Waals surface area contributed by atoms with E-state index < -0.39 is 23.8 Å². The molecule has 0 N–H and O–H groups in total. The minimum Gasteiger partial charge on any atom is -0.472 e. The Morgan fingerprint density at radius 1 is 1.44 bits per heavy atom. The van der Waals surface area contributed by atoms with Gasteiger partial charge < -0.3 is 14.4 Å². The standard InChI is InChI=1S/C15H22N6O4/c1-9-10(8-22)13(20(5)18-9)24-12-7-21(6-11(12)17-19-16)14(23)25-15(2,3)4/h8,11-12H,6-7H2,1-5H3/t11-,12+/m1/s1. The van der Waals surface area contributed by atoms with Crippen LogP contribution in [0, 0.1) is 6.92 Å². The van der Waals surface area contributed by atoms with Gasteiger partial charge in [-0.1, -0.05) is 5.11 Å². The fourth-order valence-electron chi connectivity index (χ4n) is 2.60. The zero-order chi connectivity index (χ0) is 18.8. The van der Waals surface area contributed by atoms with E-state index in [1.54, 1.807) is 34.7 Å². The minimum absolute atomic E-state index is 0.177. The van der Waals surface area contributed by atoms with Crippen LogP contribution in [0.5, 0.6) is 5.88 Å². The van der Waals surface area contributed by atoms with Gasteiger partial charge in [-0.05, 0) is 33.2 Å². The Morgan fingerprint density at radius 3 is 2.68 bits per heavy atom. The van der Waals surface area contributed by atoms with E-state index in [9.17, 15) is 9.59 Å². The van der Waals surface area contributed by atoms with Crippen molar-refractivity contribution in [1.82, 2.24) is 14.7 Å². The number of carbonyl (C=O) groups excluding carboxylic acids is 2. The number of aromatic nitrogens is 2. The summed E-state index contributed by atoms with van der Waals surface area (Å²) in [4.78, 5) is 27.8. The quantitative estimate of drug-likeness (QED) is 0.356. The third-order valence-electron chi connectivity index (χ3n) is 3.68. The van der Waals surface area contributed by atoms with E-state index in [0.717, 1.165) is 0 Å². The Kier molecular flexibility index (Phi) is 5.22. The monoisotopic (exact) mass is 350 g/mol. The maximum atomic E-state index is 12.2. The first-order valence-electron chi connectivity index (χ1n) is 7.84. The molecule has 1 amide bonds. The van der Waals surface area contributed by atoms with Crippen LogP contribution >= 0.6 is 0 Å². The minimum atomic E-state index is -0.631. The first-order valence-corrected chi connectivity index (χ1v) is 7.84. The number of amides is 1. The molecule has 0 aliphatic carbocycles. The predicted molar refractivity (Wildman–Crippen MR) is 88.5 cm³/mol. The van der Waals surface area contributed by atoms with Gasteiger partial charge in [0.2, 0.25) is 5.88 Å². The number of hydrogen-bond acceptors (Lipinski definition) is 6. The fraction of sp³-hybridized carbons (Fsp3) is 0.667. The maximum Gasteiger partial charge on any atom is 0.410 e. The lowest BCUT2D eigenvalue weighted by Crippen LogP contribution is -2.36. The lowest BCUT2D eigenvalue weighted by atomic mass is 10.2. The molecule has 10 heteroatoms. The van der Waals surface area contributed by atoms with E-state index in [-0.39, 0.29) is 19.0 Å². The van der Waals surface area contributed by atoms with Gasteiger partial charge in [0.05, 0.1) is 23.8 Å². The fourth-order valence-corrected chi connectivity index (χ4v) is 2.60. The van der Waals surface area contributed by atoms with Gasteiger partial charge in [0.15, 0.2) is 6.29 Å². The van der Waals surface area contributed by atoms with Crippen molar-refractivity contribution in [3.05, 3.63) is 21.7 Å². The second kappa shape index (κ2) is 7.02. The van der Waals surface area contributed by atoms with Gasteiger partial charge in [0, 0.05) is 18.5 Å². The summed E-state index contributed by atoms with van der Waals surface area (Å²) < 4.78 is 12.7. The lowest BCUT2D eigenvalue weighted by Gasteiger charge is -2.24. The summed E-state index contributed by atoms with van der Waals surface area (Å²) in [7, 11) is 1.65. The molecule has 136 valence electrons. The van der Waals surface area contributed by atoms with Crippen molar-refractivity contribution < 1.29 is 19.1 Å². The van der Waals surface area contributed by atoms with Gasteiger partial charge in [-0.15, -0.1) is 0 Å². The highest BCUT2D eigenvalue weighted by Crippen LogP contribution is 2.26. The van der Waals surface area contributed by atoms with Crippen molar-refractivity contribution in [2.24, 2.45) is 12.2 Å². The summed E-state index contributed by atoms with van der Waals surface area (Å²) in [5.41, 5.74) is 9.01. The van der Waals surface area contributed by atoms with Crippen molar-refractivity contribution in [3.63, 3.8) is 0 Å². The van der Waals surface area contributed by atoms with Gasteiger partial charge in [0.1, 0.15) is 11.7 Å². The second-order valence-electron chi connectivity index (χ2n) is 6.86. The van der Waals surface area contributed by atoms with Crippen molar-refractivity contribution >= 4 is 12.4 Å². The molecule has 1 saturated heterocycles. The SMILES string of the molecule is Cc1nn(C)c(O[C@H]2CN(C(=O)OC(C)(C)C)C[C@H]2N=[N+]=[N-])c1C=O. The molecule has 0 spiro atoms. The predicted octanol–water partition coefficient (Wildman–Crippen LogP) is 2.22. The molecule has 25 heavy (non-hydrogen) atoms. The molecule has 0 radical (unpaired) electrons. The molecule has 2 atom stereocenters. The number of likely N-dealkylation sites (tertiary alicyclic amines) is 1. The molecule has 1 aromatic heterocycles. The Balaban J connectivity index is 2.20. The van der Waals surface area contributed by atoms with E-state index in [4.69, 9.17) is 15.0 Å². The summed E-state index contributed by atoms with van der Waals surface area (Å²) in [6.07, 6.45) is -0.439. The van der Waals surface area contributed by atoms with Crippen molar-refractivity contribution in [1.29, 1.82) is 0 Å². The summed E-state index contributed by atoms with van der Waals surface area (Å²) in [5, 5.41) is 7.86. The van der Waals surface area contributed by atoms with Crippen LogP contribution in [-0.2, 0) is 11.8 Å². The van der Waals surface area contributed by atoms with Crippen molar-refractivity contribution in [2.75, 3.05) is 13.1 Å². The highest BCUT2D eigenvalue weighted by molar-refractivity contribution is 5.80. The highest BCUT2D eigenvalue weighted by Gasteiger charge is 2.39. The first-order chi connectivity index (χ1) is 11.7. The summed E-state index contributed by atoms with van der Waals surface area (Å²) >= 11 is 0. The number of carbonyl (C=O) groups is 2. The number of rotatable bonds is 4. The molecule has 1 fully saturated rings. The number of nitrogens with zero attached hydrogens (tertiary/aromatic N) is 6.